The van der Waals surface area contributed by atoms with Crippen molar-refractivity contribution in [3.63, 3.8) is 0 Å². The van der Waals surface area contributed by atoms with Gasteiger partial charge < -0.3 is 10.3 Å². The van der Waals surface area contributed by atoms with Gasteiger partial charge in [-0.1, -0.05) is 6.07 Å². The molecular weight excluding hydrogens is 277 g/mol. The largest absolute Gasteiger partial charge is 0.332 e. The zero-order valence-electron chi connectivity index (χ0n) is 11.3. The van der Waals surface area contributed by atoms with Crippen LogP contribution in [0.3, 0.4) is 0 Å². The van der Waals surface area contributed by atoms with Gasteiger partial charge in [0.05, 0.1) is 0 Å². The predicted molar refractivity (Wildman–Crippen MR) is 76.3 cm³/mol. The fourth-order valence-electron chi connectivity index (χ4n) is 2.09. The second-order valence-electron chi connectivity index (χ2n) is 4.63. The van der Waals surface area contributed by atoms with E-state index in [0.29, 0.717) is 5.69 Å². The van der Waals surface area contributed by atoms with Crippen LogP contribution in [0.25, 0.3) is 11.2 Å². The van der Waals surface area contributed by atoms with Crippen LogP contribution in [0.4, 0.5) is 16.0 Å². The first-order valence-corrected chi connectivity index (χ1v) is 6.15. The summed E-state index contributed by atoms with van der Waals surface area (Å²) in [5, 5.41) is 2.86. The van der Waals surface area contributed by atoms with Gasteiger partial charge in [0, 0.05) is 19.8 Å². The van der Waals surface area contributed by atoms with Crippen molar-refractivity contribution in [1.82, 2.24) is 19.1 Å². The number of benzene rings is 1. The second kappa shape index (κ2) is 4.58. The Morgan fingerprint density at radius 1 is 1.24 bits per heavy atom. The van der Waals surface area contributed by atoms with Crippen molar-refractivity contribution in [2.24, 2.45) is 14.1 Å². The standard InChI is InChI=1S/C13H12FN5O2/c1-18-10-9(11(20)19(2)13(18)21)16-12(17-10)15-8-5-3-4-7(14)6-8/h3-6H,1-2H3,(H2,15,16,17). The number of hydrogen-bond acceptors (Lipinski definition) is 4. The third-order valence-electron chi connectivity index (χ3n) is 3.18. The van der Waals surface area contributed by atoms with Crippen LogP contribution < -0.4 is 16.6 Å². The summed E-state index contributed by atoms with van der Waals surface area (Å²) < 4.78 is 15.4. The highest BCUT2D eigenvalue weighted by Gasteiger charge is 2.13. The van der Waals surface area contributed by atoms with Crippen molar-refractivity contribution >= 4 is 22.8 Å². The predicted octanol–water partition coefficient (Wildman–Crippen LogP) is 0.843. The van der Waals surface area contributed by atoms with Gasteiger partial charge in [-0.2, -0.15) is 4.98 Å². The summed E-state index contributed by atoms with van der Waals surface area (Å²) in [6.07, 6.45) is 0. The molecule has 0 bridgehead atoms. The molecule has 8 heteroatoms. The highest BCUT2D eigenvalue weighted by atomic mass is 19.1. The van der Waals surface area contributed by atoms with Gasteiger partial charge in [0.1, 0.15) is 5.82 Å². The molecule has 0 saturated carbocycles. The van der Waals surface area contributed by atoms with Crippen LogP contribution in [-0.4, -0.2) is 19.1 Å². The molecule has 3 rings (SSSR count). The first-order valence-electron chi connectivity index (χ1n) is 6.15. The minimum atomic E-state index is -0.465. The highest BCUT2D eigenvalue weighted by Crippen LogP contribution is 2.16. The normalized spacial score (nSPS) is 11.0. The Morgan fingerprint density at radius 3 is 2.71 bits per heavy atom. The molecule has 21 heavy (non-hydrogen) atoms. The molecule has 0 aliphatic carbocycles. The number of rotatable bonds is 2. The molecular formula is C13H12FN5O2. The monoisotopic (exact) mass is 289 g/mol. The average molecular weight is 289 g/mol. The molecule has 0 atom stereocenters. The average Bonchev–Trinajstić information content (AvgIpc) is 2.87. The molecule has 0 fully saturated rings. The Balaban J connectivity index is 2.14. The fourth-order valence-corrected chi connectivity index (χ4v) is 2.09. The molecule has 1 aromatic carbocycles. The Kier molecular flexibility index (Phi) is 2.86. The highest BCUT2D eigenvalue weighted by molar-refractivity contribution is 5.74. The zero-order chi connectivity index (χ0) is 15.1. The van der Waals surface area contributed by atoms with E-state index in [1.165, 1.54) is 30.8 Å². The SMILES string of the molecule is Cn1c(=O)c2[nH]c(Nc3cccc(F)c3)nc2n(C)c1=O. The molecule has 0 aliphatic heterocycles. The van der Waals surface area contributed by atoms with Crippen LogP contribution in [0.2, 0.25) is 0 Å². The Bertz CT molecular complexity index is 953. The Hall–Kier alpha value is -2.90. The number of aromatic amines is 1. The van der Waals surface area contributed by atoms with Crippen molar-refractivity contribution in [2.45, 2.75) is 0 Å². The number of anilines is 2. The first kappa shape index (κ1) is 13.1. The summed E-state index contributed by atoms with van der Waals surface area (Å²) in [5.41, 5.74) is 0.000541. The van der Waals surface area contributed by atoms with Crippen LogP contribution in [-0.2, 0) is 14.1 Å². The number of aromatic nitrogens is 4. The van der Waals surface area contributed by atoms with E-state index < -0.39 is 11.2 Å². The molecule has 3 aromatic rings. The summed E-state index contributed by atoms with van der Waals surface area (Å²) in [7, 11) is 2.92. The molecule has 0 saturated heterocycles. The lowest BCUT2D eigenvalue weighted by atomic mass is 10.3. The quantitative estimate of drug-likeness (QED) is 0.732. The van der Waals surface area contributed by atoms with Gasteiger partial charge in [-0.15, -0.1) is 0 Å². The molecule has 0 aliphatic rings. The van der Waals surface area contributed by atoms with Crippen LogP contribution in [0, 0.1) is 5.82 Å². The van der Waals surface area contributed by atoms with Gasteiger partial charge in [-0.05, 0) is 18.2 Å². The van der Waals surface area contributed by atoms with E-state index in [1.807, 2.05) is 0 Å². The van der Waals surface area contributed by atoms with E-state index in [4.69, 9.17) is 0 Å². The van der Waals surface area contributed by atoms with Gasteiger partial charge in [0.25, 0.3) is 5.56 Å². The van der Waals surface area contributed by atoms with Crippen molar-refractivity contribution in [1.29, 1.82) is 0 Å². The third kappa shape index (κ3) is 2.10. The lowest BCUT2D eigenvalue weighted by molar-refractivity contribution is 0.628. The maximum Gasteiger partial charge on any atom is 0.332 e. The van der Waals surface area contributed by atoms with E-state index in [0.717, 1.165) is 4.57 Å². The maximum atomic E-state index is 13.1. The molecule has 0 unspecified atom stereocenters. The van der Waals surface area contributed by atoms with Gasteiger partial charge >= 0.3 is 5.69 Å². The van der Waals surface area contributed by atoms with Gasteiger partial charge in [0.15, 0.2) is 11.2 Å². The number of nitrogens with one attached hydrogen (secondary N) is 2. The Morgan fingerprint density at radius 2 is 2.00 bits per heavy atom. The van der Waals surface area contributed by atoms with E-state index >= 15 is 0 Å². The molecule has 0 radical (unpaired) electrons. The van der Waals surface area contributed by atoms with Crippen molar-refractivity contribution in [3.05, 3.63) is 50.9 Å². The number of nitrogens with zero attached hydrogens (tertiary/aromatic N) is 3. The summed E-state index contributed by atoms with van der Waals surface area (Å²) >= 11 is 0. The number of aryl methyl sites for hydroxylation is 1. The fraction of sp³-hybridized carbons (Fsp3) is 0.154. The molecule has 7 nitrogen and oxygen atoms in total. The van der Waals surface area contributed by atoms with Crippen LogP contribution in [0.1, 0.15) is 0 Å². The van der Waals surface area contributed by atoms with Crippen LogP contribution in [0.15, 0.2) is 33.9 Å². The summed E-state index contributed by atoms with van der Waals surface area (Å²) in [4.78, 5) is 30.8. The number of hydrogen-bond donors (Lipinski definition) is 2. The maximum absolute atomic E-state index is 13.1. The Labute approximate surface area is 117 Å². The minimum Gasteiger partial charge on any atom is -0.326 e. The lowest BCUT2D eigenvalue weighted by Crippen LogP contribution is -2.36. The van der Waals surface area contributed by atoms with Crippen molar-refractivity contribution in [2.75, 3.05) is 5.32 Å². The molecule has 0 spiro atoms. The molecule has 2 N–H and O–H groups in total. The number of H-pyrrole nitrogens is 1. The molecule has 0 amide bonds. The van der Waals surface area contributed by atoms with Gasteiger partial charge in [-0.25, -0.2) is 9.18 Å². The number of fused-ring (bicyclic) bond motifs is 1. The second-order valence-corrected chi connectivity index (χ2v) is 4.63. The molecule has 2 heterocycles. The summed E-state index contributed by atoms with van der Waals surface area (Å²) in [6, 6.07) is 5.83. The number of halogens is 1. The first-order chi connectivity index (χ1) is 9.97. The van der Waals surface area contributed by atoms with Crippen molar-refractivity contribution < 1.29 is 4.39 Å². The van der Waals surface area contributed by atoms with Crippen molar-refractivity contribution in [3.8, 4) is 0 Å². The van der Waals surface area contributed by atoms with E-state index in [-0.39, 0.29) is 22.9 Å². The van der Waals surface area contributed by atoms with Crippen LogP contribution in [0.5, 0.6) is 0 Å². The lowest BCUT2D eigenvalue weighted by Gasteiger charge is -2.01. The smallest absolute Gasteiger partial charge is 0.326 e. The third-order valence-corrected chi connectivity index (χ3v) is 3.18. The molecule has 108 valence electrons. The topological polar surface area (TPSA) is 84.7 Å². The number of imidazole rings is 1. The van der Waals surface area contributed by atoms with Gasteiger partial charge in [0.2, 0.25) is 5.95 Å². The molecule has 2 aromatic heterocycles. The minimum absolute atomic E-state index is 0.207. The zero-order valence-corrected chi connectivity index (χ0v) is 11.3. The van der Waals surface area contributed by atoms with Gasteiger partial charge in [-0.3, -0.25) is 13.9 Å². The van der Waals surface area contributed by atoms with E-state index in [1.54, 1.807) is 12.1 Å². The van der Waals surface area contributed by atoms with E-state index in [2.05, 4.69) is 15.3 Å². The van der Waals surface area contributed by atoms with E-state index in [9.17, 15) is 14.0 Å². The summed E-state index contributed by atoms with van der Waals surface area (Å²) in [6.45, 7) is 0. The summed E-state index contributed by atoms with van der Waals surface area (Å²) in [5.74, 6) is -0.131. The van der Waals surface area contributed by atoms with Crippen LogP contribution >= 0.6 is 0 Å².